The van der Waals surface area contributed by atoms with Crippen LogP contribution in [0.15, 0.2) is 146 Å². The largest absolute Gasteiger partial charge is 0.0622 e. The van der Waals surface area contributed by atoms with E-state index in [4.69, 9.17) is 0 Å². The maximum atomic E-state index is 2.38. The fourth-order valence-corrected chi connectivity index (χ4v) is 6.32. The molecule has 8 aromatic rings. The van der Waals surface area contributed by atoms with E-state index in [0.29, 0.717) is 0 Å². The van der Waals surface area contributed by atoms with Crippen LogP contribution in [0.5, 0.6) is 0 Å². The van der Waals surface area contributed by atoms with Crippen molar-refractivity contribution in [1.82, 2.24) is 0 Å². The predicted octanol–water partition coefficient (Wildman–Crippen LogP) is 10.8. The summed E-state index contributed by atoms with van der Waals surface area (Å²) in [5, 5.41) is 13.0. The van der Waals surface area contributed by atoms with Gasteiger partial charge in [0.15, 0.2) is 0 Å². The van der Waals surface area contributed by atoms with Crippen LogP contribution in [0.25, 0.3) is 76.1 Å². The zero-order chi connectivity index (χ0) is 25.1. The first-order valence-corrected chi connectivity index (χ1v) is 13.2. The van der Waals surface area contributed by atoms with Gasteiger partial charge in [-0.2, -0.15) is 0 Å². The normalized spacial score (nSPS) is 11.7. The number of hydrogen-bond donors (Lipinski definition) is 0. The highest BCUT2D eigenvalue weighted by Gasteiger charge is 2.16. The number of rotatable bonds is 2. The van der Waals surface area contributed by atoms with Crippen LogP contribution in [0.2, 0.25) is 0 Å². The number of fused-ring (bicyclic) bond motifs is 9. The van der Waals surface area contributed by atoms with E-state index >= 15 is 0 Å². The van der Waals surface area contributed by atoms with Crippen LogP contribution in [-0.2, 0) is 0 Å². The molecule has 0 saturated carbocycles. The summed E-state index contributed by atoms with van der Waals surface area (Å²) in [6, 6.07) is 53.2. The van der Waals surface area contributed by atoms with Gasteiger partial charge >= 0.3 is 0 Å². The van der Waals surface area contributed by atoms with Crippen LogP contribution >= 0.6 is 0 Å². The van der Waals surface area contributed by atoms with Crippen LogP contribution in [0.3, 0.4) is 0 Å². The molecule has 0 nitrogen and oxygen atoms in total. The molecular formula is C38H24. The minimum Gasteiger partial charge on any atom is -0.0622 e. The van der Waals surface area contributed by atoms with Gasteiger partial charge in [-0.1, -0.05) is 133 Å². The average molecular weight is 481 g/mol. The summed E-state index contributed by atoms with van der Waals surface area (Å²) in [5.41, 5.74) is 5.07. The number of hydrogen-bond acceptors (Lipinski definition) is 0. The summed E-state index contributed by atoms with van der Waals surface area (Å²) >= 11 is 0. The maximum Gasteiger partial charge on any atom is -0.00143 e. The van der Waals surface area contributed by atoms with Crippen molar-refractivity contribution >= 4 is 53.9 Å². The predicted molar refractivity (Wildman–Crippen MR) is 165 cm³/mol. The van der Waals surface area contributed by atoms with E-state index in [1.807, 2.05) is 0 Å². The quantitative estimate of drug-likeness (QED) is 0.216. The minimum absolute atomic E-state index is 1.25. The Bertz CT molecular complexity index is 2000. The summed E-state index contributed by atoms with van der Waals surface area (Å²) in [4.78, 5) is 0. The molecule has 0 aliphatic rings. The molecule has 0 unspecified atom stereocenters. The van der Waals surface area contributed by atoms with Crippen LogP contribution in [0.4, 0.5) is 0 Å². The summed E-state index contributed by atoms with van der Waals surface area (Å²) in [7, 11) is 0. The second-order valence-corrected chi connectivity index (χ2v) is 10.1. The van der Waals surface area contributed by atoms with Gasteiger partial charge in [0.25, 0.3) is 0 Å². The number of benzene rings is 8. The smallest absolute Gasteiger partial charge is 0.00143 e. The molecule has 0 amide bonds. The maximum absolute atomic E-state index is 2.38. The van der Waals surface area contributed by atoms with Gasteiger partial charge in [-0.25, -0.2) is 0 Å². The van der Waals surface area contributed by atoms with Gasteiger partial charge in [-0.05, 0) is 88.2 Å². The second kappa shape index (κ2) is 8.30. The third kappa shape index (κ3) is 3.11. The van der Waals surface area contributed by atoms with Gasteiger partial charge in [0.1, 0.15) is 0 Å². The lowest BCUT2D eigenvalue weighted by atomic mass is 9.86. The first-order valence-electron chi connectivity index (χ1n) is 13.2. The highest BCUT2D eigenvalue weighted by Crippen LogP contribution is 2.44. The van der Waals surface area contributed by atoms with Crippen molar-refractivity contribution in [2.24, 2.45) is 0 Å². The summed E-state index contributed by atoms with van der Waals surface area (Å²) in [6.07, 6.45) is 0. The lowest BCUT2D eigenvalue weighted by Gasteiger charge is -2.17. The molecule has 0 spiro atoms. The van der Waals surface area contributed by atoms with Crippen molar-refractivity contribution in [3.05, 3.63) is 146 Å². The van der Waals surface area contributed by atoms with Crippen molar-refractivity contribution in [3.63, 3.8) is 0 Å². The van der Waals surface area contributed by atoms with Crippen LogP contribution in [0, 0.1) is 0 Å². The minimum atomic E-state index is 1.25. The molecule has 0 aliphatic carbocycles. The lowest BCUT2D eigenvalue weighted by Crippen LogP contribution is -1.89. The van der Waals surface area contributed by atoms with E-state index in [-0.39, 0.29) is 0 Å². The van der Waals surface area contributed by atoms with E-state index < -0.39 is 0 Å². The highest BCUT2D eigenvalue weighted by atomic mass is 14.2. The van der Waals surface area contributed by atoms with Gasteiger partial charge in [0.2, 0.25) is 0 Å². The molecule has 8 aromatic carbocycles. The Hall–Kier alpha value is -4.94. The molecule has 8 rings (SSSR count). The Balaban J connectivity index is 1.59. The van der Waals surface area contributed by atoms with E-state index in [0.717, 1.165) is 0 Å². The molecule has 0 N–H and O–H groups in total. The van der Waals surface area contributed by atoms with Crippen LogP contribution in [0.1, 0.15) is 0 Å². The van der Waals surface area contributed by atoms with Gasteiger partial charge < -0.3 is 0 Å². The first kappa shape index (κ1) is 21.2. The molecule has 176 valence electrons. The van der Waals surface area contributed by atoms with Crippen molar-refractivity contribution < 1.29 is 0 Å². The molecule has 0 radical (unpaired) electrons. The monoisotopic (exact) mass is 480 g/mol. The van der Waals surface area contributed by atoms with Crippen LogP contribution in [-0.4, -0.2) is 0 Å². The third-order valence-electron chi connectivity index (χ3n) is 7.99. The molecule has 0 saturated heterocycles. The highest BCUT2D eigenvalue weighted by molar-refractivity contribution is 6.34. The Morgan fingerprint density at radius 2 is 0.632 bits per heavy atom. The van der Waals surface area contributed by atoms with E-state index in [2.05, 4.69) is 146 Å². The van der Waals surface area contributed by atoms with Gasteiger partial charge in [0, 0.05) is 0 Å². The van der Waals surface area contributed by atoms with Crippen molar-refractivity contribution in [1.29, 1.82) is 0 Å². The summed E-state index contributed by atoms with van der Waals surface area (Å²) in [5.74, 6) is 0. The van der Waals surface area contributed by atoms with E-state index in [1.54, 1.807) is 0 Å². The molecule has 0 bridgehead atoms. The fraction of sp³-hybridized carbons (Fsp3) is 0. The molecule has 0 atom stereocenters. The van der Waals surface area contributed by atoms with Gasteiger partial charge in [-0.3, -0.25) is 0 Å². The molecule has 38 heavy (non-hydrogen) atoms. The van der Waals surface area contributed by atoms with E-state index in [9.17, 15) is 0 Å². The zero-order valence-corrected chi connectivity index (χ0v) is 20.9. The fourth-order valence-electron chi connectivity index (χ4n) is 6.32. The van der Waals surface area contributed by atoms with Crippen molar-refractivity contribution in [2.45, 2.75) is 0 Å². The zero-order valence-electron chi connectivity index (χ0n) is 20.9. The molecule has 0 fully saturated rings. The Morgan fingerprint density at radius 3 is 1.08 bits per heavy atom. The van der Waals surface area contributed by atoms with Crippen molar-refractivity contribution in [3.8, 4) is 22.3 Å². The summed E-state index contributed by atoms with van der Waals surface area (Å²) in [6.45, 7) is 0. The van der Waals surface area contributed by atoms with Gasteiger partial charge in [-0.15, -0.1) is 0 Å². The van der Waals surface area contributed by atoms with Crippen LogP contribution < -0.4 is 0 Å². The van der Waals surface area contributed by atoms with Crippen molar-refractivity contribution in [2.75, 3.05) is 0 Å². The second-order valence-electron chi connectivity index (χ2n) is 10.1. The Kier molecular flexibility index (Phi) is 4.62. The van der Waals surface area contributed by atoms with E-state index in [1.165, 1.54) is 76.1 Å². The molecule has 0 aromatic heterocycles. The topological polar surface area (TPSA) is 0 Å². The Morgan fingerprint density at radius 1 is 0.263 bits per heavy atom. The standard InChI is InChI=1S/C38H24/c1-3-11-25(12-4-1)34-23-28-21-19-27-20-22-29-24-35(26-13-5-2-6-14-26)31-16-8-10-18-33(31)37(29)38(27)36(28)32-17-9-7-15-30(32)34/h1-24H. The average Bonchev–Trinajstić information content (AvgIpc) is 3.00. The Labute approximate surface area is 221 Å². The third-order valence-corrected chi connectivity index (χ3v) is 7.99. The summed E-state index contributed by atoms with van der Waals surface area (Å²) < 4.78 is 0. The lowest BCUT2D eigenvalue weighted by molar-refractivity contribution is 1.67. The first-order chi connectivity index (χ1) is 18.9. The SMILES string of the molecule is c1ccc(-c2cc3ccc4ccc5cc(-c6ccccc6)c6ccccc6c5c4c3c3ccccc23)cc1. The molecule has 0 heteroatoms. The molecule has 0 aliphatic heterocycles. The molecular weight excluding hydrogens is 456 g/mol. The van der Waals surface area contributed by atoms with Gasteiger partial charge in [0.05, 0.1) is 0 Å². The molecule has 0 heterocycles.